The Morgan fingerprint density at radius 3 is 2.69 bits per heavy atom. The highest BCUT2D eigenvalue weighted by molar-refractivity contribution is 5.88. The van der Waals surface area contributed by atoms with Crippen LogP contribution in [0.25, 0.3) is 11.0 Å². The van der Waals surface area contributed by atoms with E-state index < -0.39 is 0 Å². The van der Waals surface area contributed by atoms with Crippen LogP contribution in [-0.2, 0) is 9.53 Å². The van der Waals surface area contributed by atoms with E-state index in [-0.39, 0.29) is 5.92 Å². The van der Waals surface area contributed by atoms with Gasteiger partial charge in [-0.05, 0) is 44.4 Å². The Balaban J connectivity index is 1.19. The number of aromatic nitrogens is 1. The maximum atomic E-state index is 12.9. The molecule has 2 aromatic heterocycles. The fourth-order valence-corrected chi connectivity index (χ4v) is 5.16. The lowest BCUT2D eigenvalue weighted by molar-refractivity contribution is -0.141. The molecule has 0 radical (unpaired) electrons. The summed E-state index contributed by atoms with van der Waals surface area (Å²) in [5.74, 6) is 1.53. The summed E-state index contributed by atoms with van der Waals surface area (Å²) in [4.78, 5) is 24.5. The van der Waals surface area contributed by atoms with Crippen LogP contribution < -0.4 is 4.90 Å². The number of ether oxygens (including phenoxy) is 1. The van der Waals surface area contributed by atoms with Gasteiger partial charge in [0.2, 0.25) is 5.91 Å². The van der Waals surface area contributed by atoms with Crippen LogP contribution in [0.15, 0.2) is 29.0 Å². The number of likely N-dealkylation sites (tertiary alicyclic amines) is 1. The van der Waals surface area contributed by atoms with Gasteiger partial charge in [-0.2, -0.15) is 0 Å². The first-order chi connectivity index (χ1) is 14.3. The van der Waals surface area contributed by atoms with Crippen molar-refractivity contribution >= 4 is 22.7 Å². The van der Waals surface area contributed by atoms with Crippen molar-refractivity contribution in [3.63, 3.8) is 0 Å². The predicted molar refractivity (Wildman–Crippen MR) is 111 cm³/mol. The number of piperidine rings is 2. The Labute approximate surface area is 171 Å². The monoisotopic (exact) mass is 398 g/mol. The number of nitrogens with zero attached hydrogens (tertiary/aromatic N) is 4. The van der Waals surface area contributed by atoms with Crippen molar-refractivity contribution < 1.29 is 13.9 Å². The Bertz CT molecular complexity index is 839. The Hall–Kier alpha value is -2.12. The first-order valence-electron chi connectivity index (χ1n) is 11.0. The molecular formula is C22H30N4O3. The zero-order valence-corrected chi connectivity index (χ0v) is 17.0. The number of fused-ring (bicyclic) bond motifs is 1. The summed E-state index contributed by atoms with van der Waals surface area (Å²) in [5, 5.41) is 1.10. The highest BCUT2D eigenvalue weighted by Gasteiger charge is 2.34. The number of amides is 1. The van der Waals surface area contributed by atoms with E-state index in [1.54, 1.807) is 6.26 Å². The Morgan fingerprint density at radius 1 is 1.03 bits per heavy atom. The van der Waals surface area contributed by atoms with Crippen molar-refractivity contribution in [2.75, 3.05) is 57.4 Å². The van der Waals surface area contributed by atoms with Gasteiger partial charge in [-0.25, -0.2) is 4.98 Å². The van der Waals surface area contributed by atoms with E-state index in [9.17, 15) is 4.79 Å². The molecule has 0 spiro atoms. The summed E-state index contributed by atoms with van der Waals surface area (Å²) in [6.07, 6.45) is 7.96. The molecule has 1 unspecified atom stereocenters. The average molecular weight is 399 g/mol. The second-order valence-electron chi connectivity index (χ2n) is 8.46. The van der Waals surface area contributed by atoms with Crippen molar-refractivity contribution in [2.45, 2.75) is 31.7 Å². The normalized spacial score (nSPS) is 24.9. The van der Waals surface area contributed by atoms with Gasteiger partial charge in [-0.3, -0.25) is 9.69 Å². The van der Waals surface area contributed by atoms with Crippen molar-refractivity contribution in [2.24, 2.45) is 5.92 Å². The molecule has 29 heavy (non-hydrogen) atoms. The quantitative estimate of drug-likeness (QED) is 0.791. The van der Waals surface area contributed by atoms with Crippen molar-refractivity contribution in [1.82, 2.24) is 14.8 Å². The minimum Gasteiger partial charge on any atom is -0.464 e. The fraction of sp³-hybridized carbons (Fsp3) is 0.636. The van der Waals surface area contributed by atoms with Crippen LogP contribution in [0, 0.1) is 5.92 Å². The first kappa shape index (κ1) is 18.9. The van der Waals surface area contributed by atoms with Crippen LogP contribution in [-0.4, -0.2) is 79.2 Å². The molecule has 1 atom stereocenters. The fourth-order valence-electron chi connectivity index (χ4n) is 5.16. The molecule has 0 aliphatic carbocycles. The van der Waals surface area contributed by atoms with E-state index in [1.807, 2.05) is 23.2 Å². The topological polar surface area (TPSA) is 62.1 Å². The number of hydrogen-bond acceptors (Lipinski definition) is 6. The molecule has 0 N–H and O–H groups in total. The summed E-state index contributed by atoms with van der Waals surface area (Å²) >= 11 is 0. The van der Waals surface area contributed by atoms with E-state index in [0.717, 1.165) is 81.7 Å². The SMILES string of the molecule is O=C(C1CCCN(C2CCN(c3nccc4occc34)CC2)C1)N1CCOCC1. The number of hydrogen-bond donors (Lipinski definition) is 0. The van der Waals surface area contributed by atoms with Crippen LogP contribution in [0.5, 0.6) is 0 Å². The smallest absolute Gasteiger partial charge is 0.227 e. The predicted octanol–water partition coefficient (Wildman–Crippen LogP) is 2.37. The van der Waals surface area contributed by atoms with Crippen molar-refractivity contribution in [1.29, 1.82) is 0 Å². The van der Waals surface area contributed by atoms with Crippen LogP contribution in [0.2, 0.25) is 0 Å². The molecule has 3 saturated heterocycles. The summed E-state index contributed by atoms with van der Waals surface area (Å²) in [6, 6.07) is 4.50. The Morgan fingerprint density at radius 2 is 1.86 bits per heavy atom. The molecular weight excluding hydrogens is 368 g/mol. The molecule has 5 heterocycles. The van der Waals surface area contributed by atoms with E-state index in [1.165, 1.54) is 0 Å². The van der Waals surface area contributed by atoms with Gasteiger partial charge >= 0.3 is 0 Å². The molecule has 2 aromatic rings. The van der Waals surface area contributed by atoms with Gasteiger partial charge in [0, 0.05) is 45.0 Å². The van der Waals surface area contributed by atoms with E-state index >= 15 is 0 Å². The standard InChI is InChI=1S/C22H30N4O3/c27-22(25-11-14-28-15-12-25)17-2-1-8-26(16-17)18-4-9-24(10-5-18)21-19-6-13-29-20(19)3-7-23-21/h3,6-7,13,17-18H,1-2,4-5,8-12,14-16H2. The molecule has 156 valence electrons. The van der Waals surface area contributed by atoms with Crippen molar-refractivity contribution in [3.8, 4) is 0 Å². The summed E-state index contributed by atoms with van der Waals surface area (Å²) in [6.45, 7) is 6.89. The van der Waals surface area contributed by atoms with Crippen LogP contribution in [0.3, 0.4) is 0 Å². The molecule has 0 saturated carbocycles. The third-order valence-electron chi connectivity index (χ3n) is 6.76. The summed E-state index contributed by atoms with van der Waals surface area (Å²) < 4.78 is 10.9. The van der Waals surface area contributed by atoms with Gasteiger partial charge < -0.3 is 19.0 Å². The number of rotatable bonds is 3. The highest BCUT2D eigenvalue weighted by atomic mass is 16.5. The second-order valence-corrected chi connectivity index (χ2v) is 8.46. The lowest BCUT2D eigenvalue weighted by atomic mass is 9.92. The first-order valence-corrected chi connectivity index (χ1v) is 11.0. The van der Waals surface area contributed by atoms with Crippen LogP contribution >= 0.6 is 0 Å². The molecule has 7 heteroatoms. The minimum atomic E-state index is 0.154. The average Bonchev–Trinajstić information content (AvgIpc) is 3.28. The number of furan rings is 1. The number of anilines is 1. The highest BCUT2D eigenvalue weighted by Crippen LogP contribution is 2.30. The zero-order valence-electron chi connectivity index (χ0n) is 17.0. The molecule has 0 aromatic carbocycles. The zero-order chi connectivity index (χ0) is 19.6. The van der Waals surface area contributed by atoms with Gasteiger partial charge in [0.1, 0.15) is 11.4 Å². The van der Waals surface area contributed by atoms with Gasteiger partial charge in [0.15, 0.2) is 0 Å². The number of carbonyl (C=O) groups excluding carboxylic acids is 1. The molecule has 1 amide bonds. The maximum Gasteiger partial charge on any atom is 0.227 e. The number of carbonyl (C=O) groups is 1. The van der Waals surface area contributed by atoms with Gasteiger partial charge in [-0.1, -0.05) is 0 Å². The molecule has 3 fully saturated rings. The van der Waals surface area contributed by atoms with Crippen LogP contribution in [0.1, 0.15) is 25.7 Å². The third-order valence-corrected chi connectivity index (χ3v) is 6.76. The summed E-state index contributed by atoms with van der Waals surface area (Å²) in [7, 11) is 0. The Kier molecular flexibility index (Phi) is 5.42. The lowest BCUT2D eigenvalue weighted by Crippen LogP contribution is -2.52. The second kappa shape index (κ2) is 8.32. The minimum absolute atomic E-state index is 0.154. The summed E-state index contributed by atoms with van der Waals surface area (Å²) in [5.41, 5.74) is 0.901. The number of pyridine rings is 1. The van der Waals surface area contributed by atoms with Gasteiger partial charge in [0.25, 0.3) is 0 Å². The van der Waals surface area contributed by atoms with E-state index in [0.29, 0.717) is 25.2 Å². The largest absolute Gasteiger partial charge is 0.464 e. The van der Waals surface area contributed by atoms with Crippen molar-refractivity contribution in [3.05, 3.63) is 24.6 Å². The maximum absolute atomic E-state index is 12.9. The lowest BCUT2D eigenvalue weighted by Gasteiger charge is -2.43. The van der Waals surface area contributed by atoms with E-state index in [4.69, 9.17) is 9.15 Å². The molecule has 3 aliphatic rings. The van der Waals surface area contributed by atoms with E-state index in [2.05, 4.69) is 14.8 Å². The molecule has 7 nitrogen and oxygen atoms in total. The van der Waals surface area contributed by atoms with Gasteiger partial charge in [-0.15, -0.1) is 0 Å². The van der Waals surface area contributed by atoms with Gasteiger partial charge in [0.05, 0.1) is 30.8 Å². The third kappa shape index (κ3) is 3.85. The molecule has 3 aliphatic heterocycles. The van der Waals surface area contributed by atoms with Crippen LogP contribution in [0.4, 0.5) is 5.82 Å². The molecule has 5 rings (SSSR count). The molecule has 0 bridgehead atoms. The number of morpholine rings is 1.